The zero-order chi connectivity index (χ0) is 13.0. The average molecular weight is 245 g/mol. The van der Waals surface area contributed by atoms with Crippen molar-refractivity contribution in [3.63, 3.8) is 0 Å². The number of nitrogen functional groups attached to an aromatic ring is 1. The number of nitrogens with two attached hydrogens (primary N) is 2. The van der Waals surface area contributed by atoms with E-state index in [4.69, 9.17) is 11.5 Å². The maximum atomic E-state index is 10.5. The maximum absolute atomic E-state index is 10.5. The van der Waals surface area contributed by atoms with Gasteiger partial charge in [-0.3, -0.25) is 4.98 Å². The summed E-state index contributed by atoms with van der Waals surface area (Å²) >= 11 is 0. The average Bonchev–Trinajstić information content (AvgIpc) is 2.37. The molecular weight excluding hydrogens is 230 g/mol. The van der Waals surface area contributed by atoms with Gasteiger partial charge in [-0.05, 0) is 18.2 Å². The summed E-state index contributed by atoms with van der Waals surface area (Å²) in [6.07, 6.45) is 3.46. The molecule has 0 aliphatic rings. The van der Waals surface area contributed by atoms with E-state index in [2.05, 4.69) is 15.6 Å². The number of benzene rings is 1. The van der Waals surface area contributed by atoms with Gasteiger partial charge in [0.2, 0.25) is 0 Å². The normalized spacial score (nSPS) is 10.2. The third kappa shape index (κ3) is 2.60. The Balaban J connectivity index is 2.14. The summed E-state index contributed by atoms with van der Waals surface area (Å²) in [5, 5.41) is 7.63. The van der Waals surface area contributed by atoms with Gasteiger partial charge in [0.1, 0.15) is 0 Å². The number of primary amides is 1. The van der Waals surface area contributed by atoms with Gasteiger partial charge in [0.25, 0.3) is 0 Å². The lowest BCUT2D eigenvalue weighted by Gasteiger charge is -2.11. The highest BCUT2D eigenvalue weighted by molar-refractivity contribution is 6.00. The number of rotatable bonds is 4. The second-order valence-electron chi connectivity index (χ2n) is 3.84. The van der Waals surface area contributed by atoms with Gasteiger partial charge in [-0.1, -0.05) is 0 Å². The number of aromatic nitrogens is 1. The fourth-order valence-corrected chi connectivity index (χ4v) is 1.75. The first-order valence-corrected chi connectivity index (χ1v) is 5.58. The van der Waals surface area contributed by atoms with Gasteiger partial charge in [-0.15, -0.1) is 0 Å². The first-order chi connectivity index (χ1) is 8.68. The number of carbonyl (C=O) groups excluding carboxylic acids is 1. The van der Waals surface area contributed by atoms with Gasteiger partial charge in [0.05, 0.1) is 0 Å². The second-order valence-corrected chi connectivity index (χ2v) is 3.84. The zero-order valence-corrected chi connectivity index (χ0v) is 9.81. The van der Waals surface area contributed by atoms with E-state index < -0.39 is 6.03 Å². The van der Waals surface area contributed by atoms with Crippen LogP contribution in [0.1, 0.15) is 0 Å². The van der Waals surface area contributed by atoms with Gasteiger partial charge in [-0.25, -0.2) is 4.79 Å². The van der Waals surface area contributed by atoms with E-state index in [-0.39, 0.29) is 0 Å². The minimum atomic E-state index is -0.527. The number of nitrogens with zero attached hydrogens (tertiary/aromatic N) is 1. The molecule has 0 aliphatic heterocycles. The number of pyridine rings is 1. The van der Waals surface area contributed by atoms with Crippen molar-refractivity contribution < 1.29 is 4.79 Å². The minimum Gasteiger partial charge on any atom is -0.398 e. The van der Waals surface area contributed by atoms with Gasteiger partial charge in [0.15, 0.2) is 0 Å². The molecule has 0 bridgehead atoms. The molecular formula is C12H15N5O. The molecule has 0 saturated carbocycles. The molecule has 2 amide bonds. The summed E-state index contributed by atoms with van der Waals surface area (Å²) < 4.78 is 0. The quantitative estimate of drug-likeness (QED) is 0.474. The molecule has 1 heterocycles. The molecule has 6 N–H and O–H groups in total. The second kappa shape index (κ2) is 5.22. The molecule has 0 saturated heterocycles. The van der Waals surface area contributed by atoms with Crippen LogP contribution in [-0.2, 0) is 0 Å². The van der Waals surface area contributed by atoms with E-state index in [1.165, 1.54) is 0 Å². The first kappa shape index (κ1) is 12.0. The number of hydrogen-bond acceptors (Lipinski definition) is 4. The van der Waals surface area contributed by atoms with Crippen LogP contribution in [0.2, 0.25) is 0 Å². The molecule has 2 aromatic rings. The van der Waals surface area contributed by atoms with Crippen molar-refractivity contribution in [2.75, 3.05) is 24.1 Å². The van der Waals surface area contributed by atoms with Crippen LogP contribution >= 0.6 is 0 Å². The fourth-order valence-electron chi connectivity index (χ4n) is 1.75. The Morgan fingerprint density at radius 3 is 2.83 bits per heavy atom. The highest BCUT2D eigenvalue weighted by atomic mass is 16.2. The first-order valence-electron chi connectivity index (χ1n) is 5.58. The summed E-state index contributed by atoms with van der Waals surface area (Å²) in [4.78, 5) is 14.6. The van der Waals surface area contributed by atoms with Crippen molar-refractivity contribution in [1.29, 1.82) is 0 Å². The lowest BCUT2D eigenvalue weighted by atomic mass is 10.1. The smallest absolute Gasteiger partial charge is 0.312 e. The molecule has 94 valence electrons. The van der Waals surface area contributed by atoms with Crippen LogP contribution in [0.15, 0.2) is 30.6 Å². The summed E-state index contributed by atoms with van der Waals surface area (Å²) in [6.45, 7) is 1.04. The topological polar surface area (TPSA) is 106 Å². The molecule has 18 heavy (non-hydrogen) atoms. The molecule has 1 aromatic heterocycles. The number of carbonyl (C=O) groups is 1. The molecule has 1 aromatic carbocycles. The molecule has 6 nitrogen and oxygen atoms in total. The zero-order valence-electron chi connectivity index (χ0n) is 9.81. The molecule has 6 heteroatoms. The maximum Gasteiger partial charge on any atom is 0.312 e. The third-order valence-electron chi connectivity index (χ3n) is 2.59. The van der Waals surface area contributed by atoms with Gasteiger partial charge >= 0.3 is 6.03 Å². The molecule has 0 spiro atoms. The minimum absolute atomic E-state index is 0.460. The van der Waals surface area contributed by atoms with Crippen LogP contribution in [0.25, 0.3) is 10.8 Å². The number of fused-ring (bicyclic) bond motifs is 1. The fraction of sp³-hybridized carbons (Fsp3) is 0.167. The Hall–Kier alpha value is -2.50. The van der Waals surface area contributed by atoms with E-state index in [9.17, 15) is 4.79 Å². The number of amides is 2. The van der Waals surface area contributed by atoms with Crippen molar-refractivity contribution in [3.8, 4) is 0 Å². The van der Waals surface area contributed by atoms with Gasteiger partial charge < -0.3 is 22.1 Å². The monoisotopic (exact) mass is 245 g/mol. The lowest BCUT2D eigenvalue weighted by molar-refractivity contribution is 0.249. The summed E-state index contributed by atoms with van der Waals surface area (Å²) in [5.74, 6) is 0. The molecule has 0 unspecified atom stereocenters. The van der Waals surface area contributed by atoms with Crippen LogP contribution in [-0.4, -0.2) is 24.1 Å². The van der Waals surface area contributed by atoms with Crippen molar-refractivity contribution in [1.82, 2.24) is 10.3 Å². The molecule has 0 radical (unpaired) electrons. The predicted octanol–water partition coefficient (Wildman–Crippen LogP) is 0.897. The Morgan fingerprint density at radius 2 is 2.06 bits per heavy atom. The molecule has 0 atom stereocenters. The van der Waals surface area contributed by atoms with Gasteiger partial charge in [-0.2, -0.15) is 0 Å². The predicted molar refractivity (Wildman–Crippen MR) is 72.2 cm³/mol. The van der Waals surface area contributed by atoms with Crippen molar-refractivity contribution in [2.24, 2.45) is 5.73 Å². The van der Waals surface area contributed by atoms with Crippen LogP contribution in [0.4, 0.5) is 16.2 Å². The van der Waals surface area contributed by atoms with E-state index in [1.54, 1.807) is 12.4 Å². The summed E-state index contributed by atoms with van der Waals surface area (Å²) in [7, 11) is 0. The van der Waals surface area contributed by atoms with Crippen molar-refractivity contribution in [3.05, 3.63) is 30.6 Å². The van der Waals surface area contributed by atoms with Crippen LogP contribution in [0, 0.1) is 0 Å². The van der Waals surface area contributed by atoms with Crippen LogP contribution in [0.3, 0.4) is 0 Å². The number of nitrogens with one attached hydrogen (secondary N) is 2. The largest absolute Gasteiger partial charge is 0.398 e. The Bertz CT molecular complexity index is 569. The highest BCUT2D eigenvalue weighted by Crippen LogP contribution is 2.26. The van der Waals surface area contributed by atoms with E-state index in [1.807, 2.05) is 18.2 Å². The number of hydrogen-bond donors (Lipinski definition) is 4. The Morgan fingerprint density at radius 1 is 1.22 bits per heavy atom. The van der Waals surface area contributed by atoms with Crippen LogP contribution in [0.5, 0.6) is 0 Å². The molecule has 2 rings (SSSR count). The molecule has 0 aliphatic carbocycles. The number of urea groups is 1. The summed E-state index contributed by atoms with van der Waals surface area (Å²) in [6, 6.07) is 5.08. The van der Waals surface area contributed by atoms with E-state index in [0.29, 0.717) is 18.8 Å². The van der Waals surface area contributed by atoms with E-state index >= 15 is 0 Å². The van der Waals surface area contributed by atoms with Crippen molar-refractivity contribution in [2.45, 2.75) is 0 Å². The van der Waals surface area contributed by atoms with Crippen LogP contribution < -0.4 is 22.1 Å². The Labute approximate surface area is 104 Å². The standard InChI is InChI=1S/C12H15N5O/c13-10-1-2-11(16-5-6-17-12(14)18)9-7-15-4-3-8(9)10/h1-4,7,16H,5-6,13H2,(H3,14,17,18). The third-order valence-corrected chi connectivity index (χ3v) is 2.59. The molecule has 0 fully saturated rings. The SMILES string of the molecule is NC(=O)NCCNc1ccc(N)c2ccncc12. The van der Waals surface area contributed by atoms with Gasteiger partial charge in [0, 0.05) is 47.6 Å². The Kier molecular flexibility index (Phi) is 3.47. The van der Waals surface area contributed by atoms with E-state index in [0.717, 1.165) is 16.5 Å². The number of anilines is 2. The van der Waals surface area contributed by atoms with Crippen molar-refractivity contribution >= 4 is 28.2 Å². The highest BCUT2D eigenvalue weighted by Gasteiger charge is 2.03. The lowest BCUT2D eigenvalue weighted by Crippen LogP contribution is -2.33. The summed E-state index contributed by atoms with van der Waals surface area (Å²) in [5.41, 5.74) is 12.5.